The van der Waals surface area contributed by atoms with Gasteiger partial charge in [-0.2, -0.15) is 0 Å². The van der Waals surface area contributed by atoms with E-state index in [-0.39, 0.29) is 35.5 Å². The van der Waals surface area contributed by atoms with Crippen molar-refractivity contribution < 1.29 is 22.7 Å². The minimum Gasteiger partial charge on any atom is -0.495 e. The number of carbonyl (C=O) groups is 2. The van der Waals surface area contributed by atoms with Gasteiger partial charge in [-0.25, -0.2) is 8.42 Å². The standard InChI is InChI=1S/C37H40BrN3O5S/c1-46-35-23-12-11-22-33(35)41(47(44,45)32-20-9-4-10-21-32)27-36(42)40(26-29-16-13-17-30(38)24-29)34(25-28-14-5-2-6-15-28)37(43)39-31-18-7-3-8-19-31/h2,4-6,9-17,20-24,31,34H,3,7-8,18-19,25-27H2,1H3,(H,39,43). The summed E-state index contributed by atoms with van der Waals surface area (Å²) in [6.07, 6.45) is 5.27. The van der Waals surface area contributed by atoms with Crippen LogP contribution in [0.25, 0.3) is 0 Å². The highest BCUT2D eigenvalue weighted by atomic mass is 79.9. The Morgan fingerprint density at radius 2 is 1.49 bits per heavy atom. The average Bonchev–Trinajstić information content (AvgIpc) is 3.10. The molecule has 1 N–H and O–H groups in total. The highest BCUT2D eigenvalue weighted by Crippen LogP contribution is 2.33. The third kappa shape index (κ3) is 8.81. The Morgan fingerprint density at radius 1 is 0.851 bits per heavy atom. The SMILES string of the molecule is COc1ccccc1N(CC(=O)N(Cc1cccc(Br)c1)C(Cc1ccccc1)C(=O)NC1CCCCC1)S(=O)(=O)c1ccccc1. The summed E-state index contributed by atoms with van der Waals surface area (Å²) in [6.45, 7) is -0.452. The topological polar surface area (TPSA) is 96.0 Å². The van der Waals surface area contributed by atoms with Gasteiger partial charge in [-0.05, 0) is 60.4 Å². The molecule has 1 saturated carbocycles. The Bertz CT molecular complexity index is 1750. The number of rotatable bonds is 13. The molecular weight excluding hydrogens is 678 g/mol. The third-order valence-corrected chi connectivity index (χ3v) is 10.7. The Hall–Kier alpha value is -4.15. The van der Waals surface area contributed by atoms with E-state index in [2.05, 4.69) is 21.2 Å². The number of nitrogens with one attached hydrogen (secondary N) is 1. The van der Waals surface area contributed by atoms with Gasteiger partial charge in [0.2, 0.25) is 11.8 Å². The molecule has 1 aliphatic carbocycles. The van der Waals surface area contributed by atoms with Gasteiger partial charge in [0, 0.05) is 23.5 Å². The van der Waals surface area contributed by atoms with E-state index in [0.717, 1.165) is 52.0 Å². The zero-order valence-corrected chi connectivity index (χ0v) is 28.8. The average molecular weight is 719 g/mol. The smallest absolute Gasteiger partial charge is 0.264 e. The largest absolute Gasteiger partial charge is 0.495 e. The minimum atomic E-state index is -4.22. The lowest BCUT2D eigenvalue weighted by Crippen LogP contribution is -2.55. The van der Waals surface area contributed by atoms with E-state index < -0.39 is 28.5 Å². The molecule has 1 aliphatic rings. The van der Waals surface area contributed by atoms with Crippen LogP contribution in [0.2, 0.25) is 0 Å². The lowest BCUT2D eigenvalue weighted by molar-refractivity contribution is -0.140. The number of hydrogen-bond acceptors (Lipinski definition) is 5. The van der Waals surface area contributed by atoms with Crippen molar-refractivity contribution >= 4 is 43.5 Å². The van der Waals surface area contributed by atoms with E-state index in [9.17, 15) is 18.0 Å². The van der Waals surface area contributed by atoms with E-state index in [1.165, 1.54) is 24.1 Å². The van der Waals surface area contributed by atoms with Gasteiger partial charge in [-0.1, -0.05) is 108 Å². The van der Waals surface area contributed by atoms with Crippen molar-refractivity contribution in [1.29, 1.82) is 0 Å². The van der Waals surface area contributed by atoms with E-state index in [4.69, 9.17) is 4.74 Å². The molecule has 1 unspecified atom stereocenters. The summed E-state index contributed by atoms with van der Waals surface area (Å²) in [5.74, 6) is -0.469. The number of anilines is 1. The highest BCUT2D eigenvalue weighted by Gasteiger charge is 2.36. The monoisotopic (exact) mass is 717 g/mol. The maximum Gasteiger partial charge on any atom is 0.264 e. The molecule has 8 nitrogen and oxygen atoms in total. The summed E-state index contributed by atoms with van der Waals surface area (Å²) in [4.78, 5) is 30.5. The van der Waals surface area contributed by atoms with Crippen LogP contribution in [0.15, 0.2) is 119 Å². The minimum absolute atomic E-state index is 0.0286. The molecule has 0 radical (unpaired) electrons. The van der Waals surface area contributed by atoms with Gasteiger partial charge in [0.15, 0.2) is 0 Å². The number of sulfonamides is 1. The predicted octanol–water partition coefficient (Wildman–Crippen LogP) is 6.74. The van der Waals surface area contributed by atoms with Crippen LogP contribution in [0.4, 0.5) is 5.69 Å². The zero-order chi connectivity index (χ0) is 33.2. The van der Waals surface area contributed by atoms with Crippen LogP contribution >= 0.6 is 15.9 Å². The first-order valence-electron chi connectivity index (χ1n) is 15.9. The molecule has 4 aromatic carbocycles. The molecule has 2 amide bonds. The normalized spacial score (nSPS) is 14.2. The molecule has 10 heteroatoms. The van der Waals surface area contributed by atoms with Crippen LogP contribution in [0.5, 0.6) is 5.75 Å². The van der Waals surface area contributed by atoms with E-state index >= 15 is 0 Å². The third-order valence-electron chi connectivity index (χ3n) is 8.43. The van der Waals surface area contributed by atoms with Crippen molar-refractivity contribution in [3.63, 3.8) is 0 Å². The Morgan fingerprint density at radius 3 is 2.17 bits per heavy atom. The molecule has 4 aromatic rings. The molecule has 5 rings (SSSR count). The molecule has 0 heterocycles. The fraction of sp³-hybridized carbons (Fsp3) is 0.297. The summed E-state index contributed by atoms with van der Waals surface area (Å²) in [6, 6.07) is 31.0. The highest BCUT2D eigenvalue weighted by molar-refractivity contribution is 9.10. The summed E-state index contributed by atoms with van der Waals surface area (Å²) in [5.41, 5.74) is 1.91. The number of methoxy groups -OCH3 is 1. The lowest BCUT2D eigenvalue weighted by atomic mass is 9.94. The number of halogens is 1. The summed E-state index contributed by atoms with van der Waals surface area (Å²) in [7, 11) is -2.77. The van der Waals surface area contributed by atoms with E-state index in [1.54, 1.807) is 42.5 Å². The first kappa shape index (κ1) is 34.2. The van der Waals surface area contributed by atoms with Crippen LogP contribution in [-0.2, 0) is 32.6 Å². The van der Waals surface area contributed by atoms with Crippen molar-refractivity contribution in [3.8, 4) is 5.75 Å². The lowest BCUT2D eigenvalue weighted by Gasteiger charge is -2.35. The maximum absolute atomic E-state index is 14.7. The van der Waals surface area contributed by atoms with Crippen LogP contribution in [-0.4, -0.2) is 50.9 Å². The molecule has 0 spiro atoms. The molecule has 0 aromatic heterocycles. The van der Waals surface area contributed by atoms with Gasteiger partial charge in [0.05, 0.1) is 17.7 Å². The number of amides is 2. The summed E-state index contributed by atoms with van der Waals surface area (Å²) in [5, 5.41) is 3.24. The molecule has 246 valence electrons. The van der Waals surface area contributed by atoms with Crippen molar-refractivity contribution in [2.75, 3.05) is 18.0 Å². The molecule has 0 aliphatic heterocycles. The predicted molar refractivity (Wildman–Crippen MR) is 188 cm³/mol. The number of hydrogen-bond donors (Lipinski definition) is 1. The molecule has 0 saturated heterocycles. The Kier molecular flexibility index (Phi) is 11.7. The number of ether oxygens (including phenoxy) is 1. The fourth-order valence-corrected chi connectivity index (χ4v) is 7.89. The van der Waals surface area contributed by atoms with Crippen molar-refractivity contribution in [2.24, 2.45) is 0 Å². The second kappa shape index (κ2) is 16.1. The van der Waals surface area contributed by atoms with Gasteiger partial charge in [0.1, 0.15) is 18.3 Å². The van der Waals surface area contributed by atoms with Crippen molar-refractivity contribution in [1.82, 2.24) is 10.2 Å². The first-order chi connectivity index (χ1) is 22.8. The molecule has 0 bridgehead atoms. The molecule has 1 atom stereocenters. The fourth-order valence-electron chi connectivity index (χ4n) is 6.00. The van der Waals surface area contributed by atoms with Gasteiger partial charge >= 0.3 is 0 Å². The van der Waals surface area contributed by atoms with E-state index in [1.807, 2.05) is 54.6 Å². The van der Waals surface area contributed by atoms with Gasteiger partial charge in [-0.3, -0.25) is 13.9 Å². The number of carbonyl (C=O) groups excluding carboxylic acids is 2. The summed E-state index contributed by atoms with van der Waals surface area (Å²) < 4.78 is 35.9. The van der Waals surface area contributed by atoms with Gasteiger partial charge in [0.25, 0.3) is 10.0 Å². The number of benzene rings is 4. The molecule has 1 fully saturated rings. The number of para-hydroxylation sites is 2. The summed E-state index contributed by atoms with van der Waals surface area (Å²) >= 11 is 3.53. The quantitative estimate of drug-likeness (QED) is 0.165. The van der Waals surface area contributed by atoms with Crippen LogP contribution in [0.1, 0.15) is 43.2 Å². The second-order valence-corrected chi connectivity index (χ2v) is 14.5. The Balaban J connectivity index is 1.58. The van der Waals surface area contributed by atoms with Crippen LogP contribution in [0.3, 0.4) is 0 Å². The molecular formula is C37H40BrN3O5S. The van der Waals surface area contributed by atoms with Gasteiger partial charge < -0.3 is 15.0 Å². The number of nitrogens with zero attached hydrogens (tertiary/aromatic N) is 2. The van der Waals surface area contributed by atoms with E-state index in [0.29, 0.717) is 5.75 Å². The Labute approximate surface area is 285 Å². The molecule has 47 heavy (non-hydrogen) atoms. The first-order valence-corrected chi connectivity index (χ1v) is 18.1. The van der Waals surface area contributed by atoms with Crippen molar-refractivity contribution in [2.45, 2.75) is 62.0 Å². The second-order valence-electron chi connectivity index (χ2n) is 11.7. The van der Waals surface area contributed by atoms with Crippen molar-refractivity contribution in [3.05, 3.63) is 125 Å². The van der Waals surface area contributed by atoms with Crippen LogP contribution in [0, 0.1) is 0 Å². The zero-order valence-electron chi connectivity index (χ0n) is 26.4. The van der Waals surface area contributed by atoms with Gasteiger partial charge in [-0.15, -0.1) is 0 Å². The van der Waals surface area contributed by atoms with Crippen LogP contribution < -0.4 is 14.4 Å². The maximum atomic E-state index is 14.7.